The zero-order valence-corrected chi connectivity index (χ0v) is 17.4. The van der Waals surface area contributed by atoms with E-state index in [2.05, 4.69) is 38.3 Å². The molecule has 1 aliphatic rings. The van der Waals surface area contributed by atoms with Crippen molar-refractivity contribution in [3.8, 4) is 0 Å². The van der Waals surface area contributed by atoms with E-state index in [1.54, 1.807) is 0 Å². The molecule has 1 N–H and O–H groups in total. The number of ether oxygens (including phenoxy) is 1. The number of carbonyl (C=O) groups is 1. The van der Waals surface area contributed by atoms with E-state index in [-0.39, 0.29) is 5.91 Å². The van der Waals surface area contributed by atoms with Crippen molar-refractivity contribution in [1.29, 1.82) is 0 Å². The van der Waals surface area contributed by atoms with Crippen LogP contribution in [0.15, 0.2) is 51.4 Å². The van der Waals surface area contributed by atoms with Crippen LogP contribution in [0.4, 0.5) is 0 Å². The third-order valence-corrected chi connectivity index (χ3v) is 5.55. The van der Waals surface area contributed by atoms with Crippen molar-refractivity contribution in [1.82, 2.24) is 10.2 Å². The van der Waals surface area contributed by atoms with E-state index in [0.29, 0.717) is 12.3 Å². The van der Waals surface area contributed by atoms with Gasteiger partial charge in [0, 0.05) is 41.6 Å². The summed E-state index contributed by atoms with van der Waals surface area (Å²) in [5.41, 5.74) is 3.90. The molecule has 1 amide bonds. The fourth-order valence-corrected chi connectivity index (χ4v) is 3.89. The average Bonchev–Trinajstić information content (AvgIpc) is 3.03. The summed E-state index contributed by atoms with van der Waals surface area (Å²) in [5.74, 6) is 0.181. The Morgan fingerprint density at radius 2 is 1.93 bits per heavy atom. The maximum Gasteiger partial charge on any atom is 0.287 e. The molecule has 0 spiro atoms. The minimum Gasteiger partial charge on any atom is -0.451 e. The summed E-state index contributed by atoms with van der Waals surface area (Å²) < 4.78 is 12.1. The summed E-state index contributed by atoms with van der Waals surface area (Å²) in [5, 5.41) is 3.94. The molecular weight excluding hydrogens is 420 g/mol. The minimum atomic E-state index is -0.191. The maximum absolute atomic E-state index is 12.7. The molecule has 1 saturated heterocycles. The predicted octanol–water partition coefficient (Wildman–Crippen LogP) is 4.27. The average molecular weight is 443 g/mol. The van der Waals surface area contributed by atoms with Crippen LogP contribution in [0.25, 0.3) is 11.0 Å². The number of nitrogens with one attached hydrogen (secondary N) is 1. The van der Waals surface area contributed by atoms with Crippen LogP contribution in [0.5, 0.6) is 0 Å². The summed E-state index contributed by atoms with van der Waals surface area (Å²) in [6, 6.07) is 14.1. The van der Waals surface area contributed by atoms with E-state index in [1.807, 2.05) is 37.3 Å². The Balaban J connectivity index is 1.42. The van der Waals surface area contributed by atoms with Crippen molar-refractivity contribution in [3.63, 3.8) is 0 Å². The van der Waals surface area contributed by atoms with Crippen molar-refractivity contribution >= 4 is 32.8 Å². The summed E-state index contributed by atoms with van der Waals surface area (Å²) in [6.45, 7) is 6.80. The lowest BCUT2D eigenvalue weighted by Gasteiger charge is -2.26. The van der Waals surface area contributed by atoms with Gasteiger partial charge in [0.1, 0.15) is 5.58 Å². The molecule has 4 rings (SSSR count). The molecule has 1 fully saturated rings. The highest BCUT2D eigenvalue weighted by Crippen LogP contribution is 2.28. The molecule has 2 aromatic carbocycles. The van der Waals surface area contributed by atoms with Crippen LogP contribution in [0, 0.1) is 6.92 Å². The fourth-order valence-electron chi connectivity index (χ4n) is 3.53. The molecular formula is C22H23BrN2O3. The van der Waals surface area contributed by atoms with Gasteiger partial charge in [-0.3, -0.25) is 9.69 Å². The molecule has 3 aromatic rings. The lowest BCUT2D eigenvalue weighted by molar-refractivity contribution is 0.0342. The number of aryl methyl sites for hydroxylation is 1. The SMILES string of the molecule is Cc1c(C(=O)NCc2cccc(CN3CCOCC3)c2)oc2ccc(Br)cc12. The fraction of sp³-hybridized carbons (Fsp3) is 0.318. The van der Waals surface area contributed by atoms with Crippen LogP contribution < -0.4 is 5.32 Å². The van der Waals surface area contributed by atoms with Gasteiger partial charge in [-0.25, -0.2) is 0 Å². The van der Waals surface area contributed by atoms with Crippen LogP contribution in [-0.4, -0.2) is 37.1 Å². The third-order valence-electron chi connectivity index (χ3n) is 5.06. The lowest BCUT2D eigenvalue weighted by Crippen LogP contribution is -2.35. The highest BCUT2D eigenvalue weighted by Gasteiger charge is 2.17. The Labute approximate surface area is 172 Å². The van der Waals surface area contributed by atoms with Crippen LogP contribution in [0.2, 0.25) is 0 Å². The smallest absolute Gasteiger partial charge is 0.287 e. The Morgan fingerprint density at radius 3 is 2.75 bits per heavy atom. The van der Waals surface area contributed by atoms with Gasteiger partial charge in [-0.15, -0.1) is 0 Å². The second kappa shape index (κ2) is 8.47. The van der Waals surface area contributed by atoms with Crippen LogP contribution in [-0.2, 0) is 17.8 Å². The second-order valence-corrected chi connectivity index (χ2v) is 8.00. The Bertz CT molecular complexity index is 993. The van der Waals surface area contributed by atoms with E-state index in [0.717, 1.165) is 59.4 Å². The molecule has 1 aromatic heterocycles. The summed E-state index contributed by atoms with van der Waals surface area (Å²) in [6.07, 6.45) is 0. The van der Waals surface area contributed by atoms with Crippen LogP contribution >= 0.6 is 15.9 Å². The number of morpholine rings is 1. The first-order chi connectivity index (χ1) is 13.6. The Kier molecular flexibility index (Phi) is 5.80. The molecule has 2 heterocycles. The van der Waals surface area contributed by atoms with Gasteiger partial charge in [0.05, 0.1) is 13.2 Å². The summed E-state index contributed by atoms with van der Waals surface area (Å²) in [7, 11) is 0. The maximum atomic E-state index is 12.7. The van der Waals surface area contributed by atoms with Gasteiger partial charge in [0.25, 0.3) is 5.91 Å². The topological polar surface area (TPSA) is 54.7 Å². The normalized spacial score (nSPS) is 15.1. The van der Waals surface area contributed by atoms with Gasteiger partial charge < -0.3 is 14.5 Å². The van der Waals surface area contributed by atoms with Gasteiger partial charge in [-0.1, -0.05) is 40.2 Å². The number of rotatable bonds is 5. The molecule has 0 saturated carbocycles. The van der Waals surface area contributed by atoms with E-state index in [9.17, 15) is 4.79 Å². The van der Waals surface area contributed by atoms with Crippen molar-refractivity contribution in [2.75, 3.05) is 26.3 Å². The number of benzene rings is 2. The zero-order chi connectivity index (χ0) is 19.5. The first kappa shape index (κ1) is 19.2. The van der Waals surface area contributed by atoms with Crippen molar-refractivity contribution in [2.24, 2.45) is 0 Å². The van der Waals surface area contributed by atoms with Gasteiger partial charge in [-0.05, 0) is 36.2 Å². The number of fused-ring (bicyclic) bond motifs is 1. The monoisotopic (exact) mass is 442 g/mol. The van der Waals surface area contributed by atoms with Gasteiger partial charge in [0.15, 0.2) is 5.76 Å². The van der Waals surface area contributed by atoms with E-state index in [4.69, 9.17) is 9.15 Å². The molecule has 0 bridgehead atoms. The van der Waals surface area contributed by atoms with Gasteiger partial charge in [0.2, 0.25) is 0 Å². The summed E-state index contributed by atoms with van der Waals surface area (Å²) in [4.78, 5) is 15.0. The first-order valence-corrected chi connectivity index (χ1v) is 10.2. The predicted molar refractivity (Wildman–Crippen MR) is 112 cm³/mol. The molecule has 1 aliphatic heterocycles. The number of furan rings is 1. The number of amides is 1. The van der Waals surface area contributed by atoms with E-state index < -0.39 is 0 Å². The molecule has 0 atom stereocenters. The third kappa shape index (κ3) is 4.29. The number of halogens is 1. The highest BCUT2D eigenvalue weighted by atomic mass is 79.9. The molecule has 0 unspecified atom stereocenters. The molecule has 6 heteroatoms. The molecule has 0 aliphatic carbocycles. The lowest BCUT2D eigenvalue weighted by atomic mass is 10.1. The Morgan fingerprint density at radius 1 is 1.14 bits per heavy atom. The van der Waals surface area contributed by atoms with Crippen LogP contribution in [0.3, 0.4) is 0 Å². The molecule has 146 valence electrons. The number of carbonyl (C=O) groups excluding carboxylic acids is 1. The van der Waals surface area contributed by atoms with Crippen LogP contribution in [0.1, 0.15) is 27.2 Å². The van der Waals surface area contributed by atoms with Gasteiger partial charge in [-0.2, -0.15) is 0 Å². The quantitative estimate of drug-likeness (QED) is 0.640. The van der Waals surface area contributed by atoms with Crippen molar-refractivity contribution in [3.05, 3.63) is 69.4 Å². The number of hydrogen-bond acceptors (Lipinski definition) is 4. The minimum absolute atomic E-state index is 0.191. The van der Waals surface area contributed by atoms with Crippen molar-refractivity contribution < 1.29 is 13.9 Å². The highest BCUT2D eigenvalue weighted by molar-refractivity contribution is 9.10. The van der Waals surface area contributed by atoms with Crippen molar-refractivity contribution in [2.45, 2.75) is 20.0 Å². The standard InChI is InChI=1S/C22H23BrN2O3/c1-15-19-12-18(23)5-6-20(19)28-21(15)22(26)24-13-16-3-2-4-17(11-16)14-25-7-9-27-10-8-25/h2-6,11-12H,7-10,13-14H2,1H3,(H,24,26). The molecule has 28 heavy (non-hydrogen) atoms. The largest absolute Gasteiger partial charge is 0.451 e. The van der Waals surface area contributed by atoms with Gasteiger partial charge >= 0.3 is 0 Å². The second-order valence-electron chi connectivity index (χ2n) is 7.09. The summed E-state index contributed by atoms with van der Waals surface area (Å²) >= 11 is 3.46. The Hall–Kier alpha value is -2.15. The van der Waals surface area contributed by atoms with E-state index in [1.165, 1.54) is 5.56 Å². The molecule has 5 nitrogen and oxygen atoms in total. The van der Waals surface area contributed by atoms with E-state index >= 15 is 0 Å². The first-order valence-electron chi connectivity index (χ1n) is 9.45. The zero-order valence-electron chi connectivity index (χ0n) is 15.8. The molecule has 0 radical (unpaired) electrons. The number of nitrogens with zero attached hydrogens (tertiary/aromatic N) is 1. The number of hydrogen-bond donors (Lipinski definition) is 1.